The smallest absolute Gasteiger partial charge is 0.261 e. The van der Waals surface area contributed by atoms with Crippen LogP contribution in [-0.2, 0) is 24.4 Å². The molecule has 7 nitrogen and oxygen atoms in total. The predicted molar refractivity (Wildman–Crippen MR) is 109 cm³/mol. The maximum atomic E-state index is 12.8. The van der Waals surface area contributed by atoms with E-state index in [1.54, 1.807) is 21.3 Å². The molecule has 1 fully saturated rings. The van der Waals surface area contributed by atoms with Crippen LogP contribution in [0.15, 0.2) is 29.7 Å². The van der Waals surface area contributed by atoms with E-state index in [0.29, 0.717) is 17.2 Å². The van der Waals surface area contributed by atoms with Gasteiger partial charge in [-0.3, -0.25) is 4.79 Å². The normalized spacial score (nSPS) is 28.4. The molecule has 7 heteroatoms. The largest absolute Gasteiger partial charge is 0.493 e. The van der Waals surface area contributed by atoms with E-state index in [4.69, 9.17) is 28.4 Å². The van der Waals surface area contributed by atoms with Crippen molar-refractivity contribution in [3.8, 4) is 17.2 Å². The van der Waals surface area contributed by atoms with Gasteiger partial charge in [-0.25, -0.2) is 0 Å². The average molecular weight is 416 g/mol. The number of carbonyl (C=O) groups is 1. The fourth-order valence-electron chi connectivity index (χ4n) is 5.19. The Morgan fingerprint density at radius 2 is 1.43 bits per heavy atom. The number of fused-ring (bicyclic) bond motifs is 6. The van der Waals surface area contributed by atoms with Crippen LogP contribution in [0.5, 0.6) is 17.2 Å². The molecule has 1 aromatic rings. The van der Waals surface area contributed by atoms with Gasteiger partial charge in [-0.15, -0.1) is 0 Å². The number of benzene rings is 1. The van der Waals surface area contributed by atoms with Gasteiger partial charge in [-0.2, -0.15) is 0 Å². The van der Waals surface area contributed by atoms with Crippen molar-refractivity contribution in [3.05, 3.63) is 40.9 Å². The number of carbonyl (C=O) groups excluding carboxylic acids is 1. The highest BCUT2D eigenvalue weighted by molar-refractivity contribution is 6.07. The zero-order valence-corrected chi connectivity index (χ0v) is 18.4. The van der Waals surface area contributed by atoms with Crippen LogP contribution in [0.3, 0.4) is 0 Å². The van der Waals surface area contributed by atoms with Crippen molar-refractivity contribution in [3.63, 3.8) is 0 Å². The van der Waals surface area contributed by atoms with E-state index in [0.717, 1.165) is 11.1 Å². The number of methoxy groups -OCH3 is 5. The minimum Gasteiger partial charge on any atom is -0.493 e. The lowest BCUT2D eigenvalue weighted by atomic mass is 9.67. The molecule has 0 unspecified atom stereocenters. The summed E-state index contributed by atoms with van der Waals surface area (Å²) in [5, 5.41) is 0. The van der Waals surface area contributed by atoms with Gasteiger partial charge in [0, 0.05) is 5.56 Å². The third-order valence-electron chi connectivity index (χ3n) is 6.78. The molecule has 1 aromatic carbocycles. The zero-order chi connectivity index (χ0) is 21.8. The van der Waals surface area contributed by atoms with Gasteiger partial charge in [0.2, 0.25) is 5.75 Å². The third-order valence-corrected chi connectivity index (χ3v) is 6.78. The van der Waals surface area contributed by atoms with Crippen molar-refractivity contribution in [1.29, 1.82) is 0 Å². The molecule has 2 heterocycles. The van der Waals surface area contributed by atoms with Crippen molar-refractivity contribution < 1.29 is 33.2 Å². The van der Waals surface area contributed by atoms with E-state index in [9.17, 15) is 4.79 Å². The first-order valence-electron chi connectivity index (χ1n) is 9.95. The van der Waals surface area contributed by atoms with Crippen LogP contribution in [0.25, 0.3) is 0 Å². The van der Waals surface area contributed by atoms with Crippen molar-refractivity contribution >= 4 is 5.78 Å². The Morgan fingerprint density at radius 1 is 0.833 bits per heavy atom. The minimum absolute atomic E-state index is 0.129. The molecule has 2 bridgehead atoms. The Labute approximate surface area is 176 Å². The highest BCUT2D eigenvalue weighted by Crippen LogP contribution is 2.62. The molecule has 4 rings (SSSR count). The summed E-state index contributed by atoms with van der Waals surface area (Å²) in [6.07, 6.45) is 3.30. The second-order valence-electron chi connectivity index (χ2n) is 7.99. The first kappa shape index (κ1) is 20.6. The van der Waals surface area contributed by atoms with E-state index in [1.165, 1.54) is 14.2 Å². The monoisotopic (exact) mass is 416 g/mol. The molecule has 4 atom stereocenters. The maximum absolute atomic E-state index is 12.8. The maximum Gasteiger partial charge on any atom is 0.261 e. The van der Waals surface area contributed by atoms with Gasteiger partial charge in [0.05, 0.1) is 53.2 Å². The molecular weight excluding hydrogens is 388 g/mol. The molecule has 3 aliphatic rings. The van der Waals surface area contributed by atoms with E-state index in [-0.39, 0.29) is 41.3 Å². The van der Waals surface area contributed by atoms with Crippen LogP contribution < -0.4 is 14.2 Å². The van der Waals surface area contributed by atoms with Gasteiger partial charge >= 0.3 is 0 Å². The number of ketones is 1. The summed E-state index contributed by atoms with van der Waals surface area (Å²) in [6, 6.07) is 1.95. The fourth-order valence-corrected chi connectivity index (χ4v) is 5.19. The Hall–Kier alpha value is -2.67. The predicted octanol–water partition coefficient (Wildman–Crippen LogP) is 3.32. The van der Waals surface area contributed by atoms with Gasteiger partial charge in [0.1, 0.15) is 0 Å². The molecule has 0 N–H and O–H groups in total. The van der Waals surface area contributed by atoms with Crippen LogP contribution >= 0.6 is 0 Å². The number of rotatable bonds is 5. The lowest BCUT2D eigenvalue weighted by Gasteiger charge is -2.43. The van der Waals surface area contributed by atoms with Crippen molar-refractivity contribution in [2.75, 3.05) is 35.5 Å². The van der Waals surface area contributed by atoms with Gasteiger partial charge < -0.3 is 28.4 Å². The average Bonchev–Trinajstić information content (AvgIpc) is 3.04. The highest BCUT2D eigenvalue weighted by atomic mass is 16.5. The SMILES string of the molecule is COC1=CC2(C=C(OC)C1=O)c1c(cc(OC)c(OC)c1OC)[C@@H]1O[C@H]2[C@@H](C)[C@H]1C. The molecule has 1 aliphatic carbocycles. The quantitative estimate of drug-likeness (QED) is 0.729. The second-order valence-corrected chi connectivity index (χ2v) is 7.99. The van der Waals surface area contributed by atoms with Crippen molar-refractivity contribution in [1.82, 2.24) is 0 Å². The molecule has 0 aromatic heterocycles. The summed E-state index contributed by atoms with van der Waals surface area (Å²) in [4.78, 5) is 12.8. The number of ether oxygens (including phenoxy) is 6. The standard InChI is InChI=1S/C23H28O7/c1-11-12(2)22-23(9-15(26-4)18(24)16(10-23)27-5)17-13(19(11)30-22)8-14(25-3)20(28-6)21(17)29-7/h8-12,19,22H,1-7H3/t11-,12+,19-,22+/m1/s1. The van der Waals surface area contributed by atoms with E-state index in [2.05, 4.69) is 13.8 Å². The number of hydrogen-bond acceptors (Lipinski definition) is 7. The summed E-state index contributed by atoms with van der Waals surface area (Å²) in [7, 11) is 7.74. The summed E-state index contributed by atoms with van der Waals surface area (Å²) in [6.45, 7) is 4.35. The van der Waals surface area contributed by atoms with Crippen LogP contribution in [0.1, 0.15) is 31.1 Å². The van der Waals surface area contributed by atoms with Crippen LogP contribution in [-0.4, -0.2) is 47.4 Å². The molecule has 2 aliphatic heterocycles. The highest BCUT2D eigenvalue weighted by Gasteiger charge is 2.59. The molecule has 1 saturated heterocycles. The van der Waals surface area contributed by atoms with Gasteiger partial charge in [-0.1, -0.05) is 13.8 Å². The fraction of sp³-hybridized carbons (Fsp3) is 0.522. The number of hydrogen-bond donors (Lipinski definition) is 0. The first-order valence-corrected chi connectivity index (χ1v) is 9.95. The van der Waals surface area contributed by atoms with Gasteiger partial charge in [0.15, 0.2) is 23.0 Å². The van der Waals surface area contributed by atoms with E-state index in [1.807, 2.05) is 18.2 Å². The molecule has 1 spiro atoms. The molecule has 0 amide bonds. The lowest BCUT2D eigenvalue weighted by molar-refractivity contribution is -0.118. The molecule has 0 radical (unpaired) electrons. The number of Topliss-reactive ketones (excluding diaryl/α,β-unsaturated/α-hetero) is 1. The second kappa shape index (κ2) is 7.23. The van der Waals surface area contributed by atoms with Gasteiger partial charge in [-0.05, 0) is 35.6 Å². The van der Waals surface area contributed by atoms with Crippen LogP contribution in [0, 0.1) is 11.8 Å². The molecule has 30 heavy (non-hydrogen) atoms. The molecule has 162 valence electrons. The summed E-state index contributed by atoms with van der Waals surface area (Å²) < 4.78 is 34.6. The van der Waals surface area contributed by atoms with E-state index < -0.39 is 5.41 Å². The summed E-state index contributed by atoms with van der Waals surface area (Å²) in [5.74, 6) is 2.18. The van der Waals surface area contributed by atoms with Crippen LogP contribution in [0.2, 0.25) is 0 Å². The topological polar surface area (TPSA) is 72.5 Å². The Balaban J connectivity index is 2.13. The molecule has 0 saturated carbocycles. The Bertz CT molecular complexity index is 921. The van der Waals surface area contributed by atoms with Crippen LogP contribution in [0.4, 0.5) is 0 Å². The lowest BCUT2D eigenvalue weighted by Crippen LogP contribution is -2.45. The zero-order valence-electron chi connectivity index (χ0n) is 18.4. The minimum atomic E-state index is -0.828. The summed E-state index contributed by atoms with van der Waals surface area (Å²) in [5.41, 5.74) is 1.01. The van der Waals surface area contributed by atoms with Crippen molar-refractivity contribution in [2.24, 2.45) is 11.8 Å². The van der Waals surface area contributed by atoms with Crippen molar-refractivity contribution in [2.45, 2.75) is 31.5 Å². The Morgan fingerprint density at radius 3 is 1.93 bits per heavy atom. The van der Waals surface area contributed by atoms with Gasteiger partial charge in [0.25, 0.3) is 5.78 Å². The third kappa shape index (κ3) is 2.51. The molecular formula is C23H28O7. The first-order chi connectivity index (χ1) is 14.4. The summed E-state index contributed by atoms with van der Waals surface area (Å²) >= 11 is 0. The van der Waals surface area contributed by atoms with E-state index >= 15 is 0 Å². The Kier molecular flexibility index (Phi) is 4.97.